The fourth-order valence-corrected chi connectivity index (χ4v) is 7.87. The van der Waals surface area contributed by atoms with Gasteiger partial charge in [0.2, 0.25) is 23.8 Å². The average Bonchev–Trinajstić information content (AvgIpc) is 3.22. The quantitative estimate of drug-likeness (QED) is 0.0379. The van der Waals surface area contributed by atoms with Crippen LogP contribution in [-0.2, 0) is 20.2 Å². The molecule has 4 unspecified atom stereocenters. The van der Waals surface area contributed by atoms with E-state index < -0.39 is 77.5 Å². The van der Waals surface area contributed by atoms with Gasteiger partial charge in [-0.3, -0.25) is 18.9 Å². The van der Waals surface area contributed by atoms with E-state index in [4.69, 9.17) is 11.5 Å². The minimum Gasteiger partial charge on any atom is -0.397 e. The van der Waals surface area contributed by atoms with Gasteiger partial charge in [0.05, 0.1) is 11.4 Å². The van der Waals surface area contributed by atoms with Crippen molar-refractivity contribution in [2.75, 3.05) is 20.4 Å². The maximum atomic E-state index is 13.0. The predicted octanol–water partition coefficient (Wildman–Crippen LogP) is 3.08. The highest BCUT2D eigenvalue weighted by atomic mass is 32.2. The van der Waals surface area contributed by atoms with E-state index in [0.717, 1.165) is 34.1 Å². The average molecular weight is 917 g/mol. The summed E-state index contributed by atoms with van der Waals surface area (Å²) >= 11 is 0. The molecule has 12 N–H and O–H groups in total. The van der Waals surface area contributed by atoms with E-state index in [2.05, 4.69) is 40.5 Å². The SMILES string of the molecule is CC(O)N(c1nc(Nc2ccccc2)nc(-c2ccc(C(N)=C(N)c3ccc(-c4nc(Nc5ccccc5)nc(N(C(C)O)C(C)O)n4)cc3S(=O)(=O)O)c(S(=O)(=O)O)c2)n1)C(C)O. The van der Waals surface area contributed by atoms with Crippen molar-refractivity contribution >= 4 is 66.8 Å². The van der Waals surface area contributed by atoms with Crippen LogP contribution in [0.2, 0.25) is 0 Å². The normalized spacial score (nSPS) is 14.2. The molecule has 0 amide bonds. The lowest BCUT2D eigenvalue weighted by Crippen LogP contribution is -2.41. The molecule has 64 heavy (non-hydrogen) atoms. The van der Waals surface area contributed by atoms with Crippen LogP contribution in [0, 0.1) is 0 Å². The smallest absolute Gasteiger partial charge is 0.295 e. The molecule has 0 spiro atoms. The lowest BCUT2D eigenvalue weighted by molar-refractivity contribution is 0.102. The van der Waals surface area contributed by atoms with Gasteiger partial charge >= 0.3 is 0 Å². The molecule has 2 aromatic heterocycles. The molecule has 0 aliphatic heterocycles. The number of aliphatic hydroxyl groups excluding tert-OH is 4. The number of para-hydroxylation sites is 2. The molecule has 4 atom stereocenters. The second kappa shape index (κ2) is 18.8. The van der Waals surface area contributed by atoms with Crippen molar-refractivity contribution in [1.82, 2.24) is 29.9 Å². The number of hydrogen-bond donors (Lipinski definition) is 10. The zero-order valence-electron chi connectivity index (χ0n) is 34.4. The van der Waals surface area contributed by atoms with Crippen molar-refractivity contribution in [3.63, 3.8) is 0 Å². The first-order valence-electron chi connectivity index (χ1n) is 19.1. The standard InChI is InChI=1S/C40H44N12O10S2/c1-21(53)51(22(2)54)39-47-35(45-37(49-39)43-27-11-7-5-8-12-27)25-15-17-29(31(19-25)63(57,58)59)33(41)34(42)30-18-16-26(20-32(30)64(60,61)62)36-46-38(44-28-13-9-6-10-14-28)50-40(48-36)52(23(3)55)24(4)56/h5-24,53-56H,41-42H2,1-4H3,(H,57,58,59)(H,60,61,62)(H,43,45,47,49)(H,44,46,48,50). The van der Waals surface area contributed by atoms with Gasteiger partial charge < -0.3 is 42.5 Å². The van der Waals surface area contributed by atoms with Crippen LogP contribution in [0.15, 0.2) is 107 Å². The van der Waals surface area contributed by atoms with Crippen molar-refractivity contribution in [3.8, 4) is 22.8 Å². The molecule has 24 heteroatoms. The van der Waals surface area contributed by atoms with Gasteiger partial charge in [0.15, 0.2) is 11.6 Å². The molecule has 6 rings (SSSR count). The number of benzene rings is 4. The van der Waals surface area contributed by atoms with Gasteiger partial charge in [0.25, 0.3) is 20.2 Å². The van der Waals surface area contributed by atoms with Gasteiger partial charge in [0.1, 0.15) is 34.7 Å². The fraction of sp³-hybridized carbons (Fsp3) is 0.200. The Bertz CT molecular complexity index is 2700. The van der Waals surface area contributed by atoms with Crippen molar-refractivity contribution in [2.24, 2.45) is 11.5 Å². The zero-order valence-corrected chi connectivity index (χ0v) is 36.0. The molecule has 0 fully saturated rings. The number of nitrogens with one attached hydrogen (secondary N) is 2. The van der Waals surface area contributed by atoms with Crippen molar-refractivity contribution in [2.45, 2.75) is 62.4 Å². The van der Waals surface area contributed by atoms with E-state index in [9.17, 15) is 46.4 Å². The van der Waals surface area contributed by atoms with E-state index in [-0.39, 0.29) is 46.6 Å². The molecular weight excluding hydrogens is 873 g/mol. The second-order valence-corrected chi connectivity index (χ2v) is 16.9. The Morgan fingerprint density at radius 2 is 0.844 bits per heavy atom. The Morgan fingerprint density at radius 3 is 1.14 bits per heavy atom. The highest BCUT2D eigenvalue weighted by Crippen LogP contribution is 2.34. The number of anilines is 6. The lowest BCUT2D eigenvalue weighted by atomic mass is 10.0. The summed E-state index contributed by atoms with van der Waals surface area (Å²) in [7, 11) is -10.3. The predicted molar refractivity (Wildman–Crippen MR) is 236 cm³/mol. The highest BCUT2D eigenvalue weighted by molar-refractivity contribution is 7.86. The maximum absolute atomic E-state index is 13.0. The van der Waals surface area contributed by atoms with Crippen LogP contribution in [-0.4, -0.2) is 101 Å². The molecule has 0 aliphatic carbocycles. The fourth-order valence-electron chi connectivity index (χ4n) is 6.41. The van der Waals surface area contributed by atoms with Crippen LogP contribution in [0.4, 0.5) is 35.2 Å². The third kappa shape index (κ3) is 10.6. The molecule has 0 saturated carbocycles. The number of rotatable bonds is 16. The Kier molecular flexibility index (Phi) is 13.7. The Hall–Kier alpha value is -6.90. The molecular formula is C40H44N12O10S2. The summed E-state index contributed by atoms with van der Waals surface area (Å²) in [4.78, 5) is 26.7. The molecule has 2 heterocycles. The number of nitrogens with two attached hydrogens (primary N) is 2. The summed E-state index contributed by atoms with van der Waals surface area (Å²) in [6.45, 7) is 5.45. The molecule has 22 nitrogen and oxygen atoms in total. The summed E-state index contributed by atoms with van der Waals surface area (Å²) in [5.74, 6) is -0.924. The number of nitrogens with zero attached hydrogens (tertiary/aromatic N) is 8. The third-order valence-corrected chi connectivity index (χ3v) is 11.1. The van der Waals surface area contributed by atoms with Crippen molar-refractivity contribution < 1.29 is 46.4 Å². The van der Waals surface area contributed by atoms with Gasteiger partial charge in [-0.2, -0.15) is 46.7 Å². The number of aromatic nitrogens is 6. The molecule has 0 bridgehead atoms. The Balaban J connectivity index is 1.48. The minimum absolute atomic E-state index is 0.0239. The molecule has 6 aromatic rings. The summed E-state index contributed by atoms with van der Waals surface area (Å²) < 4.78 is 73.0. The number of hydrogen-bond acceptors (Lipinski definition) is 20. The highest BCUT2D eigenvalue weighted by Gasteiger charge is 2.28. The van der Waals surface area contributed by atoms with Crippen LogP contribution < -0.4 is 31.9 Å². The van der Waals surface area contributed by atoms with Crippen LogP contribution in [0.3, 0.4) is 0 Å². The summed E-state index contributed by atoms with van der Waals surface area (Å²) in [6.07, 6.45) is -5.21. The van der Waals surface area contributed by atoms with Gasteiger partial charge in [-0.25, -0.2) is 0 Å². The molecule has 0 radical (unpaired) electrons. The van der Waals surface area contributed by atoms with E-state index in [0.29, 0.717) is 11.4 Å². The Labute approximate surface area is 367 Å². The first-order valence-corrected chi connectivity index (χ1v) is 22.0. The second-order valence-electron chi connectivity index (χ2n) is 14.1. The zero-order chi connectivity index (χ0) is 46.7. The minimum atomic E-state index is -5.15. The van der Waals surface area contributed by atoms with E-state index in [1.807, 2.05) is 0 Å². The lowest BCUT2D eigenvalue weighted by Gasteiger charge is -2.28. The maximum Gasteiger partial charge on any atom is 0.295 e. The largest absolute Gasteiger partial charge is 0.397 e. The van der Waals surface area contributed by atoms with Crippen LogP contribution in [0.25, 0.3) is 34.2 Å². The van der Waals surface area contributed by atoms with E-state index in [1.54, 1.807) is 60.7 Å². The van der Waals surface area contributed by atoms with Crippen LogP contribution in [0.1, 0.15) is 38.8 Å². The number of aliphatic hydroxyl groups is 4. The van der Waals surface area contributed by atoms with Crippen LogP contribution >= 0.6 is 0 Å². The van der Waals surface area contributed by atoms with E-state index in [1.165, 1.54) is 39.8 Å². The summed E-state index contributed by atoms with van der Waals surface area (Å²) in [5.41, 5.74) is 12.1. The molecule has 336 valence electrons. The first kappa shape index (κ1) is 46.6. The van der Waals surface area contributed by atoms with Gasteiger partial charge in [-0.05, 0) is 64.1 Å². The molecule has 4 aromatic carbocycles. The first-order chi connectivity index (χ1) is 30.1. The summed E-state index contributed by atoms with van der Waals surface area (Å²) in [5, 5.41) is 47.8. The van der Waals surface area contributed by atoms with Gasteiger partial charge in [-0.1, -0.05) is 60.7 Å². The molecule has 0 aliphatic rings. The van der Waals surface area contributed by atoms with Crippen molar-refractivity contribution in [3.05, 3.63) is 108 Å². The molecule has 0 saturated heterocycles. The van der Waals surface area contributed by atoms with Crippen molar-refractivity contribution in [1.29, 1.82) is 0 Å². The van der Waals surface area contributed by atoms with Gasteiger partial charge in [0, 0.05) is 33.6 Å². The van der Waals surface area contributed by atoms with E-state index >= 15 is 0 Å². The van der Waals surface area contributed by atoms with Gasteiger partial charge in [-0.15, -0.1) is 0 Å². The topological polar surface area (TPSA) is 350 Å². The third-order valence-electron chi connectivity index (χ3n) is 9.29. The Morgan fingerprint density at radius 1 is 0.516 bits per heavy atom. The monoisotopic (exact) mass is 916 g/mol. The van der Waals surface area contributed by atoms with Crippen LogP contribution in [0.5, 0.6) is 0 Å². The summed E-state index contributed by atoms with van der Waals surface area (Å²) in [6, 6.07) is 24.3.